The number of phenolic OH excluding ortho intramolecular Hbond substituents is 2. The van der Waals surface area contributed by atoms with Crippen molar-refractivity contribution in [1.29, 1.82) is 0 Å². The van der Waals surface area contributed by atoms with Crippen LogP contribution in [-0.4, -0.2) is 23.1 Å². The van der Waals surface area contributed by atoms with E-state index in [4.69, 9.17) is 9.84 Å². The molecule has 0 saturated heterocycles. The van der Waals surface area contributed by atoms with E-state index >= 15 is 0 Å². The van der Waals surface area contributed by atoms with E-state index in [2.05, 4.69) is 0 Å². The van der Waals surface area contributed by atoms with Gasteiger partial charge in [-0.2, -0.15) is 0 Å². The monoisotopic (exact) mass is 288 g/mol. The van der Waals surface area contributed by atoms with E-state index < -0.39 is 11.6 Å². The molecule has 0 aliphatic heterocycles. The van der Waals surface area contributed by atoms with E-state index in [0.717, 1.165) is 6.07 Å². The Morgan fingerprint density at radius 3 is 2.57 bits per heavy atom. The molecule has 0 atom stereocenters. The van der Waals surface area contributed by atoms with Crippen LogP contribution in [0.3, 0.4) is 0 Å². The third-order valence-electron chi connectivity index (χ3n) is 2.85. The van der Waals surface area contributed by atoms with Crippen LogP contribution in [0.15, 0.2) is 42.5 Å². The van der Waals surface area contributed by atoms with Crippen LogP contribution < -0.4 is 4.74 Å². The average Bonchev–Trinajstić information content (AvgIpc) is 2.45. The van der Waals surface area contributed by atoms with Gasteiger partial charge in [0, 0.05) is 6.07 Å². The van der Waals surface area contributed by atoms with E-state index in [1.54, 1.807) is 6.07 Å². The Kier molecular flexibility index (Phi) is 4.23. The molecule has 2 N–H and O–H groups in total. The number of carbonyl (C=O) groups excluding carboxylic acids is 1. The second-order valence-corrected chi connectivity index (χ2v) is 4.29. The maximum absolute atomic E-state index is 13.5. The molecule has 21 heavy (non-hydrogen) atoms. The number of allylic oxidation sites excluding steroid dienone is 1. The predicted octanol–water partition coefficient (Wildman–Crippen LogP) is 3.14. The third kappa shape index (κ3) is 3.39. The Hall–Kier alpha value is -2.82. The standard InChI is InChI=1S/C16H13FO4/c1-21-16-7-3-10(8-13(16)17)2-6-14(19)12-5-4-11(18)9-15(12)20/h2-9,18,20H,1H3/b6-2+. The molecule has 0 heterocycles. The number of methoxy groups -OCH3 is 1. The summed E-state index contributed by atoms with van der Waals surface area (Å²) in [5, 5.41) is 18.7. The summed E-state index contributed by atoms with van der Waals surface area (Å²) in [4.78, 5) is 11.9. The average molecular weight is 288 g/mol. The number of hydrogen-bond donors (Lipinski definition) is 2. The maximum Gasteiger partial charge on any atom is 0.189 e. The van der Waals surface area contributed by atoms with Crippen molar-refractivity contribution < 1.29 is 24.1 Å². The lowest BCUT2D eigenvalue weighted by molar-refractivity contribution is 0.104. The Morgan fingerprint density at radius 1 is 1.19 bits per heavy atom. The summed E-state index contributed by atoms with van der Waals surface area (Å²) in [6.07, 6.45) is 2.64. The highest BCUT2D eigenvalue weighted by Crippen LogP contribution is 2.24. The summed E-state index contributed by atoms with van der Waals surface area (Å²) in [5.74, 6) is -1.31. The van der Waals surface area contributed by atoms with E-state index in [9.17, 15) is 14.3 Å². The minimum atomic E-state index is -0.528. The van der Waals surface area contributed by atoms with Gasteiger partial charge in [-0.25, -0.2) is 4.39 Å². The lowest BCUT2D eigenvalue weighted by atomic mass is 10.1. The lowest BCUT2D eigenvalue weighted by Crippen LogP contribution is -1.94. The summed E-state index contributed by atoms with van der Waals surface area (Å²) in [5.41, 5.74) is 0.540. The van der Waals surface area contributed by atoms with Gasteiger partial charge in [0.2, 0.25) is 0 Å². The first-order chi connectivity index (χ1) is 10.0. The molecule has 0 fully saturated rings. The zero-order valence-corrected chi connectivity index (χ0v) is 11.2. The number of halogens is 1. The van der Waals surface area contributed by atoms with E-state index in [1.807, 2.05) is 0 Å². The lowest BCUT2D eigenvalue weighted by Gasteiger charge is -2.02. The Labute approximate surface area is 120 Å². The van der Waals surface area contributed by atoms with Crippen molar-refractivity contribution in [3.8, 4) is 17.2 Å². The summed E-state index contributed by atoms with van der Waals surface area (Å²) in [6.45, 7) is 0. The summed E-state index contributed by atoms with van der Waals surface area (Å²) in [7, 11) is 1.37. The fourth-order valence-electron chi connectivity index (χ4n) is 1.78. The molecule has 0 aliphatic carbocycles. The van der Waals surface area contributed by atoms with Crippen molar-refractivity contribution in [2.24, 2.45) is 0 Å². The van der Waals surface area contributed by atoms with Gasteiger partial charge in [0.05, 0.1) is 12.7 Å². The fraction of sp³-hybridized carbons (Fsp3) is 0.0625. The van der Waals surface area contributed by atoms with Crippen molar-refractivity contribution in [2.75, 3.05) is 7.11 Å². The third-order valence-corrected chi connectivity index (χ3v) is 2.85. The topological polar surface area (TPSA) is 66.8 Å². The highest BCUT2D eigenvalue weighted by molar-refractivity contribution is 6.08. The van der Waals surface area contributed by atoms with Gasteiger partial charge in [-0.1, -0.05) is 12.1 Å². The van der Waals surface area contributed by atoms with E-state index in [1.165, 1.54) is 43.5 Å². The number of phenols is 2. The van der Waals surface area contributed by atoms with Crippen LogP contribution in [0.5, 0.6) is 17.2 Å². The number of rotatable bonds is 4. The number of ether oxygens (including phenoxy) is 1. The predicted molar refractivity (Wildman–Crippen MR) is 76.1 cm³/mol. The van der Waals surface area contributed by atoms with Gasteiger partial charge in [0.25, 0.3) is 0 Å². The molecule has 0 amide bonds. The molecular formula is C16H13FO4. The number of ketones is 1. The molecule has 0 aliphatic rings. The van der Waals surface area contributed by atoms with Gasteiger partial charge < -0.3 is 14.9 Å². The molecule has 0 spiro atoms. The highest BCUT2D eigenvalue weighted by Gasteiger charge is 2.09. The molecule has 0 unspecified atom stereocenters. The van der Waals surface area contributed by atoms with E-state index in [-0.39, 0.29) is 22.8 Å². The second-order valence-electron chi connectivity index (χ2n) is 4.29. The summed E-state index contributed by atoms with van der Waals surface area (Å²) < 4.78 is 18.3. The molecule has 0 saturated carbocycles. The van der Waals surface area contributed by atoms with Crippen LogP contribution >= 0.6 is 0 Å². The van der Waals surface area contributed by atoms with Crippen LogP contribution in [0, 0.1) is 5.82 Å². The Morgan fingerprint density at radius 2 is 1.95 bits per heavy atom. The number of aromatic hydroxyl groups is 2. The largest absolute Gasteiger partial charge is 0.508 e. The van der Waals surface area contributed by atoms with Gasteiger partial charge in [0.1, 0.15) is 11.5 Å². The van der Waals surface area contributed by atoms with Gasteiger partial charge in [-0.15, -0.1) is 0 Å². The first kappa shape index (κ1) is 14.6. The van der Waals surface area contributed by atoms with Gasteiger partial charge in [0.15, 0.2) is 17.3 Å². The van der Waals surface area contributed by atoms with E-state index in [0.29, 0.717) is 5.56 Å². The van der Waals surface area contributed by atoms with Crippen LogP contribution in [-0.2, 0) is 0 Å². The fourth-order valence-corrected chi connectivity index (χ4v) is 1.78. The van der Waals surface area contributed by atoms with Gasteiger partial charge in [-0.3, -0.25) is 4.79 Å². The molecule has 2 aromatic rings. The minimum Gasteiger partial charge on any atom is -0.508 e. The molecular weight excluding hydrogens is 275 g/mol. The summed E-state index contributed by atoms with van der Waals surface area (Å²) in [6, 6.07) is 7.98. The van der Waals surface area contributed by atoms with Crippen LogP contribution in [0.25, 0.3) is 6.08 Å². The van der Waals surface area contributed by atoms with Crippen molar-refractivity contribution in [3.05, 3.63) is 59.4 Å². The van der Waals surface area contributed by atoms with Crippen LogP contribution in [0.4, 0.5) is 4.39 Å². The number of hydrogen-bond acceptors (Lipinski definition) is 4. The van der Waals surface area contributed by atoms with Gasteiger partial charge >= 0.3 is 0 Å². The van der Waals surface area contributed by atoms with Crippen LogP contribution in [0.1, 0.15) is 15.9 Å². The Balaban J connectivity index is 2.20. The van der Waals surface area contributed by atoms with Crippen molar-refractivity contribution in [1.82, 2.24) is 0 Å². The SMILES string of the molecule is COc1ccc(/C=C/C(=O)c2ccc(O)cc2O)cc1F. The molecule has 0 aromatic heterocycles. The second kappa shape index (κ2) is 6.09. The maximum atomic E-state index is 13.5. The highest BCUT2D eigenvalue weighted by atomic mass is 19.1. The molecule has 5 heteroatoms. The Bertz CT molecular complexity index is 707. The van der Waals surface area contributed by atoms with Crippen molar-refractivity contribution >= 4 is 11.9 Å². The first-order valence-electron chi connectivity index (χ1n) is 6.09. The van der Waals surface area contributed by atoms with Crippen LogP contribution in [0.2, 0.25) is 0 Å². The molecule has 108 valence electrons. The molecule has 0 radical (unpaired) electrons. The van der Waals surface area contributed by atoms with Crippen molar-refractivity contribution in [3.63, 3.8) is 0 Å². The smallest absolute Gasteiger partial charge is 0.189 e. The normalized spacial score (nSPS) is 10.8. The van der Waals surface area contributed by atoms with Crippen molar-refractivity contribution in [2.45, 2.75) is 0 Å². The molecule has 2 aromatic carbocycles. The molecule has 2 rings (SSSR count). The zero-order valence-electron chi connectivity index (χ0n) is 11.2. The minimum absolute atomic E-state index is 0.0537. The quantitative estimate of drug-likeness (QED) is 0.670. The zero-order chi connectivity index (χ0) is 15.4. The first-order valence-corrected chi connectivity index (χ1v) is 6.09. The van der Waals surface area contributed by atoms with Gasteiger partial charge in [-0.05, 0) is 35.9 Å². The number of benzene rings is 2. The summed E-state index contributed by atoms with van der Waals surface area (Å²) >= 11 is 0. The number of carbonyl (C=O) groups is 1. The molecule has 4 nitrogen and oxygen atoms in total. The molecule has 0 bridgehead atoms.